The maximum atomic E-state index is 10.7. The Morgan fingerprint density at radius 2 is 2.38 bits per heavy atom. The molecule has 80 valence electrons. The standard InChI is InChI=1S/C10H8N4O2/c1-8-4-2-6-10(14(15)16)9(8)5-3-7-12-13-11/h2,4,6H,7H2,1H3. The molecule has 0 atom stereocenters. The van der Waals surface area contributed by atoms with Crippen molar-refractivity contribution >= 4 is 5.69 Å². The van der Waals surface area contributed by atoms with E-state index >= 15 is 0 Å². The third-order valence-electron chi connectivity index (χ3n) is 1.87. The minimum absolute atomic E-state index is 0.00197. The smallest absolute Gasteiger partial charge is 0.258 e. The summed E-state index contributed by atoms with van der Waals surface area (Å²) in [7, 11) is 0. The van der Waals surface area contributed by atoms with Gasteiger partial charge in [0.2, 0.25) is 0 Å². The second-order valence-electron chi connectivity index (χ2n) is 2.92. The van der Waals surface area contributed by atoms with E-state index in [4.69, 9.17) is 5.53 Å². The van der Waals surface area contributed by atoms with E-state index in [1.165, 1.54) is 6.07 Å². The minimum atomic E-state index is -0.482. The first kappa shape index (κ1) is 11.6. The normalized spacial score (nSPS) is 8.56. The van der Waals surface area contributed by atoms with Crippen molar-refractivity contribution in [1.82, 2.24) is 0 Å². The van der Waals surface area contributed by atoms with E-state index in [0.717, 1.165) is 5.56 Å². The quantitative estimate of drug-likeness (QED) is 0.190. The van der Waals surface area contributed by atoms with Crippen molar-refractivity contribution in [3.63, 3.8) is 0 Å². The number of aryl methyl sites for hydroxylation is 1. The topological polar surface area (TPSA) is 91.9 Å². The lowest BCUT2D eigenvalue weighted by molar-refractivity contribution is -0.385. The van der Waals surface area contributed by atoms with Crippen LogP contribution in [0.3, 0.4) is 0 Å². The summed E-state index contributed by atoms with van der Waals surface area (Å²) in [5, 5.41) is 13.9. The zero-order chi connectivity index (χ0) is 12.0. The number of nitro groups is 1. The van der Waals surface area contributed by atoms with Gasteiger partial charge in [-0.1, -0.05) is 29.1 Å². The fourth-order valence-corrected chi connectivity index (χ4v) is 1.16. The Morgan fingerprint density at radius 1 is 1.62 bits per heavy atom. The fraction of sp³-hybridized carbons (Fsp3) is 0.200. The van der Waals surface area contributed by atoms with Crippen LogP contribution in [0, 0.1) is 28.9 Å². The van der Waals surface area contributed by atoms with Gasteiger partial charge < -0.3 is 0 Å². The molecule has 0 saturated heterocycles. The van der Waals surface area contributed by atoms with E-state index in [9.17, 15) is 10.1 Å². The molecule has 6 heteroatoms. The second kappa shape index (κ2) is 5.39. The molecule has 0 aliphatic heterocycles. The van der Waals surface area contributed by atoms with Gasteiger partial charge >= 0.3 is 0 Å². The van der Waals surface area contributed by atoms with Gasteiger partial charge in [-0.25, -0.2) is 0 Å². The van der Waals surface area contributed by atoms with Crippen LogP contribution in [-0.2, 0) is 0 Å². The van der Waals surface area contributed by atoms with Crippen LogP contribution < -0.4 is 0 Å². The molecule has 0 aromatic heterocycles. The maximum absolute atomic E-state index is 10.7. The Balaban J connectivity index is 3.13. The lowest BCUT2D eigenvalue weighted by Crippen LogP contribution is -1.94. The van der Waals surface area contributed by atoms with E-state index < -0.39 is 4.92 Å². The van der Waals surface area contributed by atoms with Gasteiger partial charge in [0, 0.05) is 11.0 Å². The number of azide groups is 1. The fourth-order valence-electron chi connectivity index (χ4n) is 1.16. The van der Waals surface area contributed by atoms with E-state index in [2.05, 4.69) is 21.9 Å². The highest BCUT2D eigenvalue weighted by molar-refractivity contribution is 5.55. The van der Waals surface area contributed by atoms with Gasteiger partial charge in [-0.05, 0) is 18.0 Å². The van der Waals surface area contributed by atoms with Crippen LogP contribution in [0.5, 0.6) is 0 Å². The predicted molar refractivity (Wildman–Crippen MR) is 58.7 cm³/mol. The summed E-state index contributed by atoms with van der Waals surface area (Å²) in [6.45, 7) is 1.74. The summed E-state index contributed by atoms with van der Waals surface area (Å²) in [5.41, 5.74) is 9.10. The van der Waals surface area contributed by atoms with Crippen molar-refractivity contribution in [1.29, 1.82) is 0 Å². The zero-order valence-electron chi connectivity index (χ0n) is 8.54. The molecule has 0 aliphatic rings. The Morgan fingerprint density at radius 3 is 3.00 bits per heavy atom. The SMILES string of the molecule is Cc1cccc([N+](=O)[O-])c1C#CCN=[N+]=[N-]. The van der Waals surface area contributed by atoms with Crippen molar-refractivity contribution in [2.24, 2.45) is 5.11 Å². The Hall–Kier alpha value is -2.51. The van der Waals surface area contributed by atoms with E-state index in [0.29, 0.717) is 5.56 Å². The molecule has 1 aromatic carbocycles. The highest BCUT2D eigenvalue weighted by atomic mass is 16.6. The molecular weight excluding hydrogens is 208 g/mol. The molecule has 16 heavy (non-hydrogen) atoms. The number of hydrogen-bond donors (Lipinski definition) is 0. The number of nitro benzene ring substituents is 1. The van der Waals surface area contributed by atoms with Crippen LogP contribution in [0.4, 0.5) is 5.69 Å². The van der Waals surface area contributed by atoms with E-state index in [1.807, 2.05) is 0 Å². The van der Waals surface area contributed by atoms with E-state index in [1.54, 1.807) is 19.1 Å². The van der Waals surface area contributed by atoms with Gasteiger partial charge in [0.1, 0.15) is 5.56 Å². The lowest BCUT2D eigenvalue weighted by Gasteiger charge is -1.98. The third kappa shape index (κ3) is 2.74. The summed E-state index contributed by atoms with van der Waals surface area (Å²) in [4.78, 5) is 12.8. The summed E-state index contributed by atoms with van der Waals surface area (Å²) < 4.78 is 0. The van der Waals surface area contributed by atoms with Crippen molar-refractivity contribution < 1.29 is 4.92 Å². The zero-order valence-corrected chi connectivity index (χ0v) is 8.54. The lowest BCUT2D eigenvalue weighted by atomic mass is 10.1. The van der Waals surface area contributed by atoms with Crippen molar-refractivity contribution in [3.05, 3.63) is 49.9 Å². The molecule has 1 aromatic rings. The highest BCUT2D eigenvalue weighted by Gasteiger charge is 2.12. The van der Waals surface area contributed by atoms with Gasteiger partial charge in [0.25, 0.3) is 5.69 Å². The molecule has 0 fully saturated rings. The highest BCUT2D eigenvalue weighted by Crippen LogP contribution is 2.20. The van der Waals surface area contributed by atoms with Gasteiger partial charge in [-0.15, -0.1) is 0 Å². The Bertz CT molecular complexity index is 521. The number of hydrogen-bond acceptors (Lipinski definition) is 3. The monoisotopic (exact) mass is 216 g/mol. The molecule has 0 heterocycles. The second-order valence-corrected chi connectivity index (χ2v) is 2.92. The molecule has 0 spiro atoms. The van der Waals surface area contributed by atoms with Gasteiger partial charge in [-0.3, -0.25) is 10.1 Å². The van der Waals surface area contributed by atoms with Crippen LogP contribution in [0.25, 0.3) is 10.4 Å². The average molecular weight is 216 g/mol. The first-order chi connectivity index (χ1) is 7.66. The summed E-state index contributed by atoms with van der Waals surface area (Å²) in [6, 6.07) is 4.74. The van der Waals surface area contributed by atoms with Gasteiger partial charge in [-0.2, -0.15) is 0 Å². The molecule has 0 unspecified atom stereocenters. The summed E-state index contributed by atoms with van der Waals surface area (Å²) in [5.74, 6) is 5.20. The average Bonchev–Trinajstić information content (AvgIpc) is 2.25. The third-order valence-corrected chi connectivity index (χ3v) is 1.87. The first-order valence-electron chi connectivity index (χ1n) is 4.40. The minimum Gasteiger partial charge on any atom is -0.258 e. The first-order valence-corrected chi connectivity index (χ1v) is 4.40. The Kier molecular flexibility index (Phi) is 3.90. The van der Waals surface area contributed by atoms with Crippen molar-refractivity contribution in [2.75, 3.05) is 6.54 Å². The van der Waals surface area contributed by atoms with Crippen LogP contribution in [0.1, 0.15) is 11.1 Å². The van der Waals surface area contributed by atoms with Gasteiger partial charge in [0.05, 0.1) is 11.5 Å². The molecular formula is C10H8N4O2. The Labute approximate surface area is 91.7 Å². The molecule has 0 aliphatic carbocycles. The molecule has 0 bridgehead atoms. The summed E-state index contributed by atoms with van der Waals surface area (Å²) >= 11 is 0. The van der Waals surface area contributed by atoms with Crippen LogP contribution >= 0.6 is 0 Å². The van der Waals surface area contributed by atoms with Gasteiger partial charge in [0.15, 0.2) is 0 Å². The molecule has 6 nitrogen and oxygen atoms in total. The van der Waals surface area contributed by atoms with Crippen LogP contribution in [0.15, 0.2) is 23.3 Å². The summed E-state index contributed by atoms with van der Waals surface area (Å²) in [6.07, 6.45) is 0. The number of benzene rings is 1. The van der Waals surface area contributed by atoms with Crippen molar-refractivity contribution in [2.45, 2.75) is 6.92 Å². The molecule has 0 N–H and O–H groups in total. The van der Waals surface area contributed by atoms with Crippen LogP contribution in [-0.4, -0.2) is 11.5 Å². The molecule has 0 radical (unpaired) electrons. The molecule has 0 saturated carbocycles. The van der Waals surface area contributed by atoms with E-state index in [-0.39, 0.29) is 12.2 Å². The number of nitrogens with zero attached hydrogens (tertiary/aromatic N) is 4. The number of rotatable bonds is 2. The predicted octanol–water partition coefficient (Wildman–Crippen LogP) is 2.57. The van der Waals surface area contributed by atoms with Crippen LogP contribution in [0.2, 0.25) is 0 Å². The maximum Gasteiger partial charge on any atom is 0.285 e. The van der Waals surface area contributed by atoms with Crippen molar-refractivity contribution in [3.8, 4) is 11.8 Å². The largest absolute Gasteiger partial charge is 0.285 e. The molecule has 1 rings (SSSR count). The molecule has 0 amide bonds.